The van der Waals surface area contributed by atoms with Crippen LogP contribution in [0, 0.1) is 17.8 Å². The van der Waals surface area contributed by atoms with Crippen LogP contribution in [0.1, 0.15) is 40.5 Å². The summed E-state index contributed by atoms with van der Waals surface area (Å²) in [5.74, 6) is -1.57. The number of aliphatic hydroxyl groups is 1. The van der Waals surface area contributed by atoms with E-state index in [-0.39, 0.29) is 24.4 Å². The lowest BCUT2D eigenvalue weighted by atomic mass is 9.75. The van der Waals surface area contributed by atoms with E-state index in [4.69, 9.17) is 14.2 Å². The Bertz CT molecular complexity index is 722. The highest BCUT2D eigenvalue weighted by atomic mass is 16.6. The smallest absolute Gasteiger partial charge is 0.334 e. The number of allylic oxidation sites excluding steroid dienone is 1. The van der Waals surface area contributed by atoms with Crippen LogP contribution >= 0.6 is 0 Å². The number of hydrogen-bond acceptors (Lipinski definition) is 6. The number of carbonyl (C=O) groups is 2. The number of rotatable bonds is 2. The number of fused-ring (bicyclic) bond motifs is 5. The zero-order valence-corrected chi connectivity index (χ0v) is 15.7. The molecule has 4 fully saturated rings. The van der Waals surface area contributed by atoms with Crippen LogP contribution in [0.5, 0.6) is 0 Å². The van der Waals surface area contributed by atoms with Gasteiger partial charge < -0.3 is 19.3 Å². The number of esters is 2. The van der Waals surface area contributed by atoms with Crippen molar-refractivity contribution in [2.24, 2.45) is 17.8 Å². The molecule has 0 bridgehead atoms. The molecule has 0 aromatic carbocycles. The van der Waals surface area contributed by atoms with E-state index in [1.807, 2.05) is 6.92 Å². The Hall–Kier alpha value is -1.66. The zero-order valence-electron chi connectivity index (χ0n) is 15.7. The van der Waals surface area contributed by atoms with Gasteiger partial charge in [-0.05, 0) is 40.0 Å². The summed E-state index contributed by atoms with van der Waals surface area (Å²) in [7, 11) is 0. The fraction of sp³-hybridized carbons (Fsp3) is 0.700. The molecule has 0 radical (unpaired) electrons. The van der Waals surface area contributed by atoms with Crippen LogP contribution in [-0.2, 0) is 23.8 Å². The van der Waals surface area contributed by atoms with Crippen LogP contribution in [-0.4, -0.2) is 46.6 Å². The highest BCUT2D eigenvalue weighted by Gasteiger charge is 2.74. The van der Waals surface area contributed by atoms with Crippen LogP contribution in [0.15, 0.2) is 23.8 Å². The maximum absolute atomic E-state index is 12.4. The minimum Gasteiger partial charge on any atom is -0.458 e. The summed E-state index contributed by atoms with van der Waals surface area (Å²) in [6.07, 6.45) is 1.57. The molecule has 2 heterocycles. The summed E-state index contributed by atoms with van der Waals surface area (Å²) in [4.78, 5) is 24.6. The van der Waals surface area contributed by atoms with E-state index in [1.54, 1.807) is 26.8 Å². The quantitative estimate of drug-likeness (QED) is 0.459. The molecule has 2 saturated heterocycles. The topological polar surface area (TPSA) is 85.4 Å². The average molecular weight is 362 g/mol. The van der Waals surface area contributed by atoms with Gasteiger partial charge in [0.2, 0.25) is 0 Å². The minimum atomic E-state index is -1.05. The summed E-state index contributed by atoms with van der Waals surface area (Å²) in [6, 6.07) is 0. The van der Waals surface area contributed by atoms with E-state index in [2.05, 4.69) is 6.58 Å². The molecule has 0 unspecified atom stereocenters. The van der Waals surface area contributed by atoms with Gasteiger partial charge in [-0.3, -0.25) is 0 Å². The maximum atomic E-state index is 12.4. The first kappa shape index (κ1) is 17.7. The van der Waals surface area contributed by atoms with Gasteiger partial charge in [0.1, 0.15) is 12.2 Å². The van der Waals surface area contributed by atoms with E-state index in [9.17, 15) is 14.7 Å². The number of ether oxygens (including phenoxy) is 3. The fourth-order valence-corrected chi connectivity index (χ4v) is 5.31. The molecule has 0 amide bonds. The van der Waals surface area contributed by atoms with Gasteiger partial charge >= 0.3 is 11.9 Å². The van der Waals surface area contributed by atoms with E-state index in [0.29, 0.717) is 11.1 Å². The lowest BCUT2D eigenvalue weighted by Crippen LogP contribution is -2.44. The Balaban J connectivity index is 1.73. The molecule has 6 nitrogen and oxygen atoms in total. The van der Waals surface area contributed by atoms with Crippen molar-refractivity contribution >= 4 is 11.9 Å². The summed E-state index contributed by atoms with van der Waals surface area (Å²) in [5.41, 5.74) is -0.647. The van der Waals surface area contributed by atoms with Crippen LogP contribution in [0.2, 0.25) is 0 Å². The molecule has 8 atom stereocenters. The first-order valence-corrected chi connectivity index (χ1v) is 9.24. The number of carbonyl (C=O) groups excluding carboxylic acids is 2. The van der Waals surface area contributed by atoms with E-state index in [1.165, 1.54) is 0 Å². The standard InChI is InChI=1S/C20H26O6/c1-6-9(2)17(21)24-12-8-19(4,23)11-7-13-20(5,26-13)15(11)16-14(12)10(3)18(22)25-16/h6,11-16,23H,3,7-8H2,1-2,4-5H3/b9-6-/t11-,12-,13-,14-,15+,16+,19-,20-/m1/s1. The highest BCUT2D eigenvalue weighted by molar-refractivity contribution is 5.91. The third-order valence-electron chi connectivity index (χ3n) is 6.98. The van der Waals surface area contributed by atoms with Crippen LogP contribution in [0.3, 0.4) is 0 Å². The van der Waals surface area contributed by atoms with Gasteiger partial charge in [0.05, 0.1) is 23.2 Å². The van der Waals surface area contributed by atoms with Crippen LogP contribution in [0.25, 0.3) is 0 Å². The molecule has 2 aliphatic carbocycles. The number of hydrogen-bond donors (Lipinski definition) is 1. The van der Waals surface area contributed by atoms with Crippen molar-refractivity contribution in [1.29, 1.82) is 0 Å². The first-order chi connectivity index (χ1) is 12.1. The van der Waals surface area contributed by atoms with Gasteiger partial charge in [-0.1, -0.05) is 12.7 Å². The van der Waals surface area contributed by atoms with Gasteiger partial charge in [0, 0.05) is 23.5 Å². The molecule has 0 aromatic heterocycles. The predicted octanol–water partition coefficient (Wildman–Crippen LogP) is 1.91. The fourth-order valence-electron chi connectivity index (χ4n) is 5.31. The third-order valence-corrected chi connectivity index (χ3v) is 6.98. The normalized spacial score (nSPS) is 49.7. The molecule has 26 heavy (non-hydrogen) atoms. The Labute approximate surface area is 153 Å². The molecule has 2 saturated carbocycles. The molecule has 0 spiro atoms. The van der Waals surface area contributed by atoms with Gasteiger partial charge in [-0.2, -0.15) is 0 Å². The molecular formula is C20H26O6. The summed E-state index contributed by atoms with van der Waals surface area (Å²) < 4.78 is 17.3. The van der Waals surface area contributed by atoms with Crippen molar-refractivity contribution in [3.63, 3.8) is 0 Å². The van der Waals surface area contributed by atoms with Crippen molar-refractivity contribution in [2.75, 3.05) is 0 Å². The highest BCUT2D eigenvalue weighted by Crippen LogP contribution is 2.64. The Kier molecular flexibility index (Phi) is 3.70. The molecular weight excluding hydrogens is 336 g/mol. The second kappa shape index (κ2) is 5.42. The average Bonchev–Trinajstić information content (AvgIpc) is 3.02. The van der Waals surface area contributed by atoms with Crippen molar-refractivity contribution < 1.29 is 28.9 Å². The molecule has 4 aliphatic rings. The maximum Gasteiger partial charge on any atom is 0.334 e. The minimum absolute atomic E-state index is 0.0797. The second-order valence-electron chi connectivity index (χ2n) is 8.56. The molecule has 0 aromatic rings. The third kappa shape index (κ3) is 2.31. The molecule has 6 heteroatoms. The lowest BCUT2D eigenvalue weighted by Gasteiger charge is -2.36. The van der Waals surface area contributed by atoms with Gasteiger partial charge in [-0.15, -0.1) is 0 Å². The molecule has 142 valence electrons. The summed E-state index contributed by atoms with van der Waals surface area (Å²) >= 11 is 0. The Morgan fingerprint density at radius 3 is 2.77 bits per heavy atom. The van der Waals surface area contributed by atoms with E-state index < -0.39 is 41.3 Å². The van der Waals surface area contributed by atoms with E-state index in [0.717, 1.165) is 6.42 Å². The second-order valence-corrected chi connectivity index (χ2v) is 8.56. The lowest BCUT2D eigenvalue weighted by molar-refractivity contribution is -0.150. The number of epoxide rings is 1. The molecule has 4 rings (SSSR count). The Morgan fingerprint density at radius 1 is 1.42 bits per heavy atom. The van der Waals surface area contributed by atoms with Crippen molar-refractivity contribution in [1.82, 2.24) is 0 Å². The molecule has 2 aliphatic heterocycles. The largest absolute Gasteiger partial charge is 0.458 e. The van der Waals surface area contributed by atoms with Gasteiger partial charge in [0.25, 0.3) is 0 Å². The SMILES string of the molecule is C=C1C(=O)O[C@H]2[C@H]1[C@H](OC(=O)/C(C)=C\C)C[C@@](C)(O)[C@@H]1C[C@H]3O[C@@]3(C)[C@H]21. The van der Waals surface area contributed by atoms with Crippen molar-refractivity contribution in [3.05, 3.63) is 23.8 Å². The summed E-state index contributed by atoms with van der Waals surface area (Å²) in [5, 5.41) is 11.2. The van der Waals surface area contributed by atoms with Crippen LogP contribution in [0.4, 0.5) is 0 Å². The first-order valence-electron chi connectivity index (χ1n) is 9.24. The van der Waals surface area contributed by atoms with Crippen molar-refractivity contribution in [3.8, 4) is 0 Å². The van der Waals surface area contributed by atoms with Gasteiger partial charge in [-0.25, -0.2) is 9.59 Å². The summed E-state index contributed by atoms with van der Waals surface area (Å²) in [6.45, 7) is 11.1. The Morgan fingerprint density at radius 2 is 2.12 bits per heavy atom. The van der Waals surface area contributed by atoms with Gasteiger partial charge in [0.15, 0.2) is 0 Å². The van der Waals surface area contributed by atoms with Crippen molar-refractivity contribution in [2.45, 2.75) is 70.1 Å². The molecule has 1 N–H and O–H groups in total. The van der Waals surface area contributed by atoms with Crippen LogP contribution < -0.4 is 0 Å². The monoisotopic (exact) mass is 362 g/mol. The predicted molar refractivity (Wildman–Crippen MR) is 91.9 cm³/mol. The zero-order chi connectivity index (χ0) is 19.0. The van der Waals surface area contributed by atoms with E-state index >= 15 is 0 Å².